The fraction of sp³-hybridized carbons (Fsp3) is 0.269. The molecule has 0 aliphatic heterocycles. The maximum Gasteiger partial charge on any atom is 0.307 e. The Morgan fingerprint density at radius 2 is 1.72 bits per heavy atom. The van der Waals surface area contributed by atoms with E-state index < -0.39 is 5.97 Å². The van der Waals surface area contributed by atoms with E-state index in [0.717, 1.165) is 54.6 Å². The van der Waals surface area contributed by atoms with E-state index in [0.29, 0.717) is 0 Å². The highest BCUT2D eigenvalue weighted by atomic mass is 16.4. The number of hydrogen-bond donors (Lipinski definition) is 2. The molecule has 150 valence electrons. The number of hydrogen-bond acceptors (Lipinski definition) is 2. The molecule has 0 saturated heterocycles. The predicted molar refractivity (Wildman–Crippen MR) is 119 cm³/mol. The highest BCUT2D eigenvalue weighted by Crippen LogP contribution is 2.32. The first-order chi connectivity index (χ1) is 14.2. The Hall–Kier alpha value is -3.07. The molecule has 0 unspecified atom stereocenters. The van der Waals surface area contributed by atoms with E-state index >= 15 is 0 Å². The van der Waals surface area contributed by atoms with Crippen LogP contribution >= 0.6 is 0 Å². The number of benzene rings is 2. The lowest BCUT2D eigenvalue weighted by Gasteiger charge is -2.13. The van der Waals surface area contributed by atoms with Crippen molar-refractivity contribution in [2.45, 2.75) is 39.0 Å². The van der Waals surface area contributed by atoms with Crippen LogP contribution in [0.25, 0.3) is 5.57 Å². The van der Waals surface area contributed by atoms with Crippen LogP contribution in [0, 0.1) is 0 Å². The average molecular weight is 388 g/mol. The lowest BCUT2D eigenvalue weighted by Crippen LogP contribution is -2.16. The molecule has 0 spiro atoms. The molecule has 1 aliphatic carbocycles. The van der Waals surface area contributed by atoms with Crippen molar-refractivity contribution < 1.29 is 9.90 Å². The molecule has 0 aromatic heterocycles. The van der Waals surface area contributed by atoms with Crippen molar-refractivity contribution in [1.82, 2.24) is 5.32 Å². The molecule has 1 aliphatic rings. The van der Waals surface area contributed by atoms with E-state index in [2.05, 4.69) is 48.7 Å². The summed E-state index contributed by atoms with van der Waals surface area (Å²) in [4.78, 5) is 11.5. The van der Waals surface area contributed by atoms with Crippen LogP contribution in [0.2, 0.25) is 0 Å². The molecular weight excluding hydrogens is 358 g/mol. The Balaban J connectivity index is 1.77. The molecule has 2 aromatic rings. The highest BCUT2D eigenvalue weighted by molar-refractivity contribution is 5.86. The van der Waals surface area contributed by atoms with Gasteiger partial charge < -0.3 is 10.4 Å². The van der Waals surface area contributed by atoms with Crippen molar-refractivity contribution in [1.29, 1.82) is 0 Å². The zero-order valence-electron chi connectivity index (χ0n) is 17.0. The van der Waals surface area contributed by atoms with Crippen molar-refractivity contribution in [3.05, 3.63) is 101 Å². The fourth-order valence-electron chi connectivity index (χ4n) is 3.72. The van der Waals surface area contributed by atoms with E-state index in [4.69, 9.17) is 0 Å². The second-order valence-electron chi connectivity index (χ2n) is 7.31. The summed E-state index contributed by atoms with van der Waals surface area (Å²) in [5, 5.41) is 13.1. The van der Waals surface area contributed by atoms with Crippen LogP contribution in [0.15, 0.2) is 89.7 Å². The van der Waals surface area contributed by atoms with Gasteiger partial charge in [0.25, 0.3) is 0 Å². The number of rotatable bonds is 9. The third-order valence-electron chi connectivity index (χ3n) is 5.25. The minimum absolute atomic E-state index is 0.0208. The minimum atomic E-state index is -0.804. The van der Waals surface area contributed by atoms with Gasteiger partial charge in [-0.15, -0.1) is 0 Å². The van der Waals surface area contributed by atoms with Gasteiger partial charge in [-0.25, -0.2) is 0 Å². The first kappa shape index (κ1) is 20.7. The van der Waals surface area contributed by atoms with Gasteiger partial charge in [0.2, 0.25) is 0 Å². The van der Waals surface area contributed by atoms with Crippen LogP contribution in [0.4, 0.5) is 0 Å². The second-order valence-corrected chi connectivity index (χ2v) is 7.31. The second kappa shape index (κ2) is 10.5. The van der Waals surface area contributed by atoms with Crippen LogP contribution in [0.1, 0.15) is 43.7 Å². The molecule has 2 N–H and O–H groups in total. The molecule has 0 saturated carbocycles. The van der Waals surface area contributed by atoms with Crippen LogP contribution in [-0.4, -0.2) is 17.6 Å². The highest BCUT2D eigenvalue weighted by Gasteiger charge is 2.17. The number of carboxylic acid groups (broad SMARTS) is 1. The summed E-state index contributed by atoms with van der Waals surface area (Å²) < 4.78 is 0. The van der Waals surface area contributed by atoms with Crippen molar-refractivity contribution in [3.63, 3.8) is 0 Å². The molecule has 3 rings (SSSR count). The van der Waals surface area contributed by atoms with Gasteiger partial charge in [-0.1, -0.05) is 73.7 Å². The van der Waals surface area contributed by atoms with E-state index in [-0.39, 0.29) is 6.42 Å². The molecule has 0 amide bonds. The van der Waals surface area contributed by atoms with Crippen LogP contribution in [-0.2, 0) is 11.2 Å². The van der Waals surface area contributed by atoms with Gasteiger partial charge in [0, 0.05) is 12.2 Å². The van der Waals surface area contributed by atoms with E-state index in [1.165, 1.54) is 11.1 Å². The summed E-state index contributed by atoms with van der Waals surface area (Å²) in [6.45, 7) is 3.03. The fourth-order valence-corrected chi connectivity index (χ4v) is 3.72. The monoisotopic (exact) mass is 387 g/mol. The van der Waals surface area contributed by atoms with Crippen molar-refractivity contribution in [3.8, 4) is 0 Å². The Kier molecular flexibility index (Phi) is 7.46. The smallest absolute Gasteiger partial charge is 0.307 e. The number of nitrogens with one attached hydrogen (secondary N) is 1. The predicted octanol–water partition coefficient (Wildman–Crippen LogP) is 5.76. The summed E-state index contributed by atoms with van der Waals surface area (Å²) in [6.07, 6.45) is 8.10. The maximum atomic E-state index is 11.5. The first-order valence-electron chi connectivity index (χ1n) is 10.4. The lowest BCUT2D eigenvalue weighted by molar-refractivity contribution is -0.136. The van der Waals surface area contributed by atoms with Gasteiger partial charge in [-0.2, -0.15) is 0 Å². The quantitative estimate of drug-likeness (QED) is 0.538. The zero-order valence-corrected chi connectivity index (χ0v) is 17.0. The number of carbonyl (C=O) groups is 1. The lowest BCUT2D eigenvalue weighted by atomic mass is 9.95. The van der Waals surface area contributed by atoms with Gasteiger partial charge in [0.15, 0.2) is 0 Å². The molecule has 0 fully saturated rings. The topological polar surface area (TPSA) is 49.3 Å². The third kappa shape index (κ3) is 5.95. The molecule has 3 heteroatoms. The van der Waals surface area contributed by atoms with Crippen molar-refractivity contribution in [2.24, 2.45) is 0 Å². The number of aryl methyl sites for hydroxylation is 1. The molecule has 29 heavy (non-hydrogen) atoms. The molecule has 0 radical (unpaired) electrons. The zero-order chi connectivity index (χ0) is 20.5. The summed E-state index contributed by atoms with van der Waals surface area (Å²) in [7, 11) is 0. The Morgan fingerprint density at radius 3 is 2.38 bits per heavy atom. The molecule has 0 bridgehead atoms. The van der Waals surface area contributed by atoms with Crippen LogP contribution in [0.5, 0.6) is 0 Å². The number of allylic oxidation sites excluding steroid dienone is 4. The normalized spacial score (nSPS) is 14.1. The minimum Gasteiger partial charge on any atom is -0.481 e. The first-order valence-corrected chi connectivity index (χ1v) is 10.4. The molecule has 0 atom stereocenters. The van der Waals surface area contributed by atoms with Gasteiger partial charge in [0.1, 0.15) is 0 Å². The summed E-state index contributed by atoms with van der Waals surface area (Å²) in [6, 6.07) is 20.6. The standard InChI is InChI=1S/C26H29NO2/c1-2-21-15-16-24(22-13-7-4-8-14-22)23(19-26(28)29)18-25(21)27-17-9-12-20-10-5-3-6-11-20/h3-8,10-11,13-14,16,18,27H,2,9,12,15,17,19H2,1H3,(H,28,29). The SMILES string of the molecule is CCC1=C(NCCCc2ccccc2)C=C(CC(=O)O)C(c2ccccc2)=CC1. The van der Waals surface area contributed by atoms with Gasteiger partial charge in [-0.3, -0.25) is 4.79 Å². The van der Waals surface area contributed by atoms with Gasteiger partial charge in [0.05, 0.1) is 6.42 Å². The summed E-state index contributed by atoms with van der Waals surface area (Å²) >= 11 is 0. The Labute approximate surface area is 173 Å². The Bertz CT molecular complexity index is 908. The van der Waals surface area contributed by atoms with Crippen LogP contribution in [0.3, 0.4) is 0 Å². The molecular formula is C26H29NO2. The molecule has 0 heterocycles. The summed E-state index contributed by atoms with van der Waals surface area (Å²) in [5.41, 5.74) is 6.70. The third-order valence-corrected chi connectivity index (χ3v) is 5.25. The van der Waals surface area contributed by atoms with E-state index in [1.54, 1.807) is 0 Å². The van der Waals surface area contributed by atoms with Gasteiger partial charge >= 0.3 is 5.97 Å². The van der Waals surface area contributed by atoms with Crippen molar-refractivity contribution in [2.75, 3.05) is 6.54 Å². The van der Waals surface area contributed by atoms with Crippen LogP contribution < -0.4 is 5.32 Å². The average Bonchev–Trinajstić information content (AvgIpc) is 2.91. The largest absolute Gasteiger partial charge is 0.481 e. The number of aliphatic carboxylic acids is 1. The van der Waals surface area contributed by atoms with Crippen molar-refractivity contribution >= 4 is 11.5 Å². The summed E-state index contributed by atoms with van der Waals surface area (Å²) in [5.74, 6) is -0.804. The molecule has 3 nitrogen and oxygen atoms in total. The van der Waals surface area contributed by atoms with E-state index in [9.17, 15) is 9.90 Å². The van der Waals surface area contributed by atoms with Gasteiger partial charge in [-0.05, 0) is 59.6 Å². The maximum absolute atomic E-state index is 11.5. The van der Waals surface area contributed by atoms with E-state index in [1.807, 2.05) is 36.4 Å². The number of carboxylic acids is 1. The molecule has 2 aromatic carbocycles. The Morgan fingerprint density at radius 1 is 1.03 bits per heavy atom.